The minimum Gasteiger partial charge on any atom is -0.368 e. The number of benzene rings is 2. The first kappa shape index (κ1) is 26.6. The second kappa shape index (κ2) is 11.4. The number of hydrogen-bond acceptors (Lipinski definition) is 7. The number of carbonyl (C=O) groups is 2. The van der Waals surface area contributed by atoms with Crippen LogP contribution in [-0.4, -0.2) is 86.1 Å². The van der Waals surface area contributed by atoms with Crippen LogP contribution in [0.4, 0.5) is 23.0 Å². The number of hydrogen-bond donors (Lipinski definition) is 3. The van der Waals surface area contributed by atoms with Gasteiger partial charge in [-0.25, -0.2) is 9.97 Å². The van der Waals surface area contributed by atoms with Crippen molar-refractivity contribution in [3.63, 3.8) is 0 Å². The molecule has 39 heavy (non-hydrogen) atoms. The molecular weight excluding hydrogens is 492 g/mol. The maximum atomic E-state index is 12.7. The Morgan fingerprint density at radius 1 is 1.03 bits per heavy atom. The number of piperazine rings is 1. The van der Waals surface area contributed by atoms with Gasteiger partial charge in [-0.15, -0.1) is 0 Å². The second-order valence-electron chi connectivity index (χ2n) is 10.8. The number of anilines is 3. The van der Waals surface area contributed by atoms with Gasteiger partial charge in [0.2, 0.25) is 11.9 Å². The monoisotopic (exact) mass is 529 g/mol. The lowest BCUT2D eigenvalue weighted by Gasteiger charge is -2.37. The average molecular weight is 530 g/mol. The Bertz CT molecular complexity index is 1300. The number of primary amides is 1. The van der Waals surface area contributed by atoms with E-state index in [1.54, 1.807) is 6.20 Å². The fourth-order valence-electron chi connectivity index (χ4n) is 5.28. The molecule has 3 heterocycles. The Morgan fingerprint density at radius 2 is 1.74 bits per heavy atom. The van der Waals surface area contributed by atoms with Gasteiger partial charge in [0.25, 0.3) is 5.91 Å². The lowest BCUT2D eigenvalue weighted by molar-refractivity contribution is -0.133. The number of quaternary nitrogens is 1. The maximum absolute atomic E-state index is 12.7. The molecule has 2 aliphatic heterocycles. The summed E-state index contributed by atoms with van der Waals surface area (Å²) in [6.45, 7) is 4.33. The van der Waals surface area contributed by atoms with Crippen LogP contribution < -0.4 is 25.8 Å². The van der Waals surface area contributed by atoms with E-state index in [2.05, 4.69) is 32.7 Å². The van der Waals surface area contributed by atoms with E-state index >= 15 is 0 Å². The molecule has 2 aliphatic rings. The Balaban J connectivity index is 1.18. The first-order chi connectivity index (χ1) is 18.8. The number of rotatable bonds is 8. The van der Waals surface area contributed by atoms with Crippen LogP contribution in [0.15, 0.2) is 60.8 Å². The highest BCUT2D eigenvalue weighted by Crippen LogP contribution is 2.26. The predicted octanol–water partition coefficient (Wildman–Crippen LogP) is 2.34. The van der Waals surface area contributed by atoms with Crippen molar-refractivity contribution in [1.29, 1.82) is 0 Å². The van der Waals surface area contributed by atoms with Crippen LogP contribution in [0.5, 0.6) is 0 Å². The summed E-state index contributed by atoms with van der Waals surface area (Å²) in [6.07, 6.45) is 3.77. The van der Waals surface area contributed by atoms with Crippen molar-refractivity contribution in [2.24, 2.45) is 5.73 Å². The highest BCUT2D eigenvalue weighted by atomic mass is 16.2. The molecule has 1 atom stereocenters. The summed E-state index contributed by atoms with van der Waals surface area (Å²) in [5.74, 6) is 0.424. The zero-order valence-electron chi connectivity index (χ0n) is 22.6. The van der Waals surface area contributed by atoms with Crippen LogP contribution in [0.3, 0.4) is 0 Å². The van der Waals surface area contributed by atoms with E-state index in [1.807, 2.05) is 61.5 Å². The van der Waals surface area contributed by atoms with Gasteiger partial charge in [-0.1, -0.05) is 0 Å². The van der Waals surface area contributed by atoms with Gasteiger partial charge in [0.1, 0.15) is 5.69 Å². The molecule has 1 aromatic heterocycles. The Labute approximate surface area is 229 Å². The smallest absolute Gasteiger partial charge is 0.273 e. The molecule has 5 rings (SSSR count). The average Bonchev–Trinajstić information content (AvgIpc) is 3.48. The molecule has 0 bridgehead atoms. The minimum atomic E-state index is -0.338. The van der Waals surface area contributed by atoms with Crippen LogP contribution in [-0.2, 0) is 9.59 Å². The molecule has 10 nitrogen and oxygen atoms in total. The molecule has 4 N–H and O–H groups in total. The number of nitrogens with two attached hydrogens (primary N) is 1. The summed E-state index contributed by atoms with van der Waals surface area (Å²) in [6, 6.07) is 18.1. The van der Waals surface area contributed by atoms with E-state index in [0.29, 0.717) is 10.4 Å². The van der Waals surface area contributed by atoms with Crippen LogP contribution in [0.1, 0.15) is 12.8 Å². The number of nitrogens with zero attached hydrogens (tertiary/aromatic N) is 5. The zero-order chi connectivity index (χ0) is 27.4. The van der Waals surface area contributed by atoms with Crippen molar-refractivity contribution < 1.29 is 9.59 Å². The van der Waals surface area contributed by atoms with Gasteiger partial charge >= 0.3 is 0 Å². The molecule has 0 spiro atoms. The molecule has 2 aromatic carbocycles. The first-order valence-corrected chi connectivity index (χ1v) is 13.5. The van der Waals surface area contributed by atoms with E-state index in [9.17, 15) is 9.59 Å². The highest BCUT2D eigenvalue weighted by molar-refractivity contribution is 5.82. The van der Waals surface area contributed by atoms with E-state index in [0.717, 1.165) is 73.9 Å². The fraction of sp³-hybridized carbons (Fsp3) is 0.379. The van der Waals surface area contributed by atoms with Gasteiger partial charge in [-0.05, 0) is 74.0 Å². The SMILES string of the molecule is C[N+](C)(CC(N)=O)c1ccc(-c2ccnc(Nc3ccc(N4CCN(C(=O)[C@H]5CCCN5)CC4)cc3)n2)cc1. The third kappa shape index (κ3) is 6.35. The summed E-state index contributed by atoms with van der Waals surface area (Å²) in [5, 5.41) is 6.61. The van der Waals surface area contributed by atoms with Crippen molar-refractivity contribution in [3.05, 3.63) is 60.8 Å². The highest BCUT2D eigenvalue weighted by Gasteiger charge is 2.29. The van der Waals surface area contributed by atoms with Gasteiger partial charge in [0.15, 0.2) is 6.54 Å². The molecule has 0 unspecified atom stereocenters. The third-order valence-electron chi connectivity index (χ3n) is 7.51. The Hall–Kier alpha value is -4.02. The van der Waals surface area contributed by atoms with Crippen molar-refractivity contribution in [1.82, 2.24) is 24.7 Å². The molecule has 204 valence electrons. The lowest BCUT2D eigenvalue weighted by atomic mass is 10.1. The van der Waals surface area contributed by atoms with E-state index in [4.69, 9.17) is 10.7 Å². The Morgan fingerprint density at radius 3 is 2.38 bits per heavy atom. The first-order valence-electron chi connectivity index (χ1n) is 13.5. The van der Waals surface area contributed by atoms with Crippen LogP contribution in [0, 0.1) is 0 Å². The van der Waals surface area contributed by atoms with Gasteiger partial charge < -0.3 is 26.2 Å². The summed E-state index contributed by atoms with van der Waals surface area (Å²) in [7, 11) is 3.90. The molecule has 0 saturated carbocycles. The minimum absolute atomic E-state index is 0.00155. The number of nitrogens with one attached hydrogen (secondary N) is 2. The molecule has 3 aromatic rings. The van der Waals surface area contributed by atoms with Crippen molar-refractivity contribution in [2.75, 3.05) is 63.6 Å². The topological polar surface area (TPSA) is 116 Å². The molecule has 0 aliphatic carbocycles. The quantitative estimate of drug-likeness (QED) is 0.384. The third-order valence-corrected chi connectivity index (χ3v) is 7.51. The summed E-state index contributed by atoms with van der Waals surface area (Å²) in [5.41, 5.74) is 10.2. The normalized spacial score (nSPS) is 17.7. The molecule has 2 fully saturated rings. The van der Waals surface area contributed by atoms with E-state index in [1.165, 1.54) is 0 Å². The van der Waals surface area contributed by atoms with Gasteiger partial charge in [0.05, 0.1) is 25.8 Å². The fourth-order valence-corrected chi connectivity index (χ4v) is 5.28. The van der Waals surface area contributed by atoms with Gasteiger partial charge in [-0.3, -0.25) is 14.1 Å². The number of amides is 2. The van der Waals surface area contributed by atoms with Gasteiger partial charge in [-0.2, -0.15) is 0 Å². The van der Waals surface area contributed by atoms with Crippen molar-refractivity contribution >= 4 is 34.8 Å². The standard InChI is InChI=1S/C29H36N8O2/c1-37(2,20-27(30)38)24-11-5-21(6-12-24)25-13-15-32-29(34-25)33-22-7-9-23(10-8-22)35-16-18-36(19-17-35)28(39)26-4-3-14-31-26/h5-13,15,26,31H,3-4,14,16-20H2,1-2H3,(H2-,30,32,33,34,38)/p+1/t26-/m1/s1. The number of aromatic nitrogens is 2. The van der Waals surface area contributed by atoms with E-state index in [-0.39, 0.29) is 24.4 Å². The molecule has 10 heteroatoms. The van der Waals surface area contributed by atoms with E-state index < -0.39 is 0 Å². The lowest BCUT2D eigenvalue weighted by Crippen LogP contribution is -2.53. The largest absolute Gasteiger partial charge is 0.368 e. The van der Waals surface area contributed by atoms with Crippen LogP contribution >= 0.6 is 0 Å². The second-order valence-corrected chi connectivity index (χ2v) is 10.8. The van der Waals surface area contributed by atoms with Crippen LogP contribution in [0.25, 0.3) is 11.3 Å². The van der Waals surface area contributed by atoms with Crippen molar-refractivity contribution in [3.8, 4) is 11.3 Å². The summed E-state index contributed by atoms with van der Waals surface area (Å²) in [4.78, 5) is 37.5. The molecule has 0 radical (unpaired) electrons. The van der Waals surface area contributed by atoms with Crippen LogP contribution in [0.2, 0.25) is 0 Å². The predicted molar refractivity (Wildman–Crippen MR) is 155 cm³/mol. The number of likely N-dealkylation sites (N-methyl/N-ethyl adjacent to an activating group) is 1. The Kier molecular flexibility index (Phi) is 7.76. The summed E-state index contributed by atoms with van der Waals surface area (Å²) >= 11 is 0. The summed E-state index contributed by atoms with van der Waals surface area (Å²) < 4.78 is 0.383. The van der Waals surface area contributed by atoms with Gasteiger partial charge in [0, 0.05) is 49.3 Å². The number of carbonyl (C=O) groups excluding carboxylic acids is 2. The zero-order valence-corrected chi connectivity index (χ0v) is 22.6. The molecule has 2 amide bonds. The molecular formula is C29H37N8O2+. The van der Waals surface area contributed by atoms with Crippen molar-refractivity contribution in [2.45, 2.75) is 18.9 Å². The maximum Gasteiger partial charge on any atom is 0.273 e. The molecule has 2 saturated heterocycles.